The highest BCUT2D eigenvalue weighted by Crippen LogP contribution is 2.37. The first-order valence-electron chi connectivity index (χ1n) is 10.8. The molecular formula is C23H27N6O3P. The number of hydrogen-bond acceptors (Lipinski definition) is 7. The zero-order chi connectivity index (χ0) is 23.5. The summed E-state index contributed by atoms with van der Waals surface area (Å²) in [6, 6.07) is 5.52. The number of rotatable bonds is 9. The van der Waals surface area contributed by atoms with Crippen LogP contribution in [-0.2, 0) is 4.79 Å². The largest absolute Gasteiger partial charge is 0.492 e. The molecule has 0 spiro atoms. The maximum absolute atomic E-state index is 12.6. The van der Waals surface area contributed by atoms with Crippen LogP contribution in [0.1, 0.15) is 36.5 Å². The number of pyridine rings is 2. The van der Waals surface area contributed by atoms with Crippen LogP contribution in [-0.4, -0.2) is 52.3 Å². The number of Topliss-reactive ketones (excluding diaryl/α,β-unsaturated/α-hetero) is 1. The van der Waals surface area contributed by atoms with Crippen molar-refractivity contribution in [2.75, 3.05) is 31.1 Å². The number of nitrogens with one attached hydrogen (secondary N) is 3. The van der Waals surface area contributed by atoms with Crippen molar-refractivity contribution in [2.24, 2.45) is 5.92 Å². The Morgan fingerprint density at radius 1 is 1.24 bits per heavy atom. The van der Waals surface area contributed by atoms with Gasteiger partial charge in [-0.2, -0.15) is 5.10 Å². The monoisotopic (exact) mass is 466 g/mol. The van der Waals surface area contributed by atoms with Gasteiger partial charge in [-0.05, 0) is 38.3 Å². The van der Waals surface area contributed by atoms with E-state index in [2.05, 4.69) is 44.1 Å². The summed E-state index contributed by atoms with van der Waals surface area (Å²) >= 11 is 0. The summed E-state index contributed by atoms with van der Waals surface area (Å²) in [6.45, 7) is 6.07. The molecule has 1 amide bonds. The molecule has 1 aliphatic carbocycles. The molecule has 0 bridgehead atoms. The van der Waals surface area contributed by atoms with Gasteiger partial charge in [0.15, 0.2) is 17.4 Å². The van der Waals surface area contributed by atoms with Crippen LogP contribution in [0.4, 0.5) is 17.3 Å². The van der Waals surface area contributed by atoms with Gasteiger partial charge in [0.2, 0.25) is 5.91 Å². The van der Waals surface area contributed by atoms with Crippen LogP contribution in [0.15, 0.2) is 30.6 Å². The molecule has 0 atom stereocenters. The Morgan fingerprint density at radius 3 is 2.67 bits per heavy atom. The fourth-order valence-electron chi connectivity index (χ4n) is 3.38. The number of ketones is 1. The third-order valence-electron chi connectivity index (χ3n) is 5.40. The molecule has 3 aromatic rings. The predicted octanol–water partition coefficient (Wildman–Crippen LogP) is 3.93. The molecule has 172 valence electrons. The van der Waals surface area contributed by atoms with Gasteiger partial charge in [0.1, 0.15) is 5.82 Å². The molecule has 1 saturated carbocycles. The zero-order valence-electron chi connectivity index (χ0n) is 19.1. The summed E-state index contributed by atoms with van der Waals surface area (Å²) in [4.78, 5) is 33.5. The van der Waals surface area contributed by atoms with Gasteiger partial charge in [-0.25, -0.2) is 9.97 Å². The molecule has 4 rings (SSSR count). The van der Waals surface area contributed by atoms with Gasteiger partial charge in [-0.3, -0.25) is 14.7 Å². The van der Waals surface area contributed by atoms with Crippen LogP contribution in [0.25, 0.3) is 11.3 Å². The molecule has 0 aliphatic heterocycles. The Kier molecular flexibility index (Phi) is 6.70. The van der Waals surface area contributed by atoms with E-state index in [1.165, 1.54) is 6.20 Å². The summed E-state index contributed by atoms with van der Waals surface area (Å²) in [5.41, 5.74) is 3.55. The summed E-state index contributed by atoms with van der Waals surface area (Å²) in [5, 5.41) is 13.5. The third-order valence-corrected chi connectivity index (χ3v) is 6.54. The quantitative estimate of drug-likeness (QED) is 0.323. The molecule has 0 saturated heterocycles. The lowest BCUT2D eigenvalue weighted by atomic mass is 10.1. The minimum Gasteiger partial charge on any atom is -0.492 e. The zero-order valence-corrected chi connectivity index (χ0v) is 20.0. The number of carbonyl (C=O) groups excluding carboxylic acids is 2. The van der Waals surface area contributed by atoms with Crippen molar-refractivity contribution in [3.05, 3.63) is 36.2 Å². The summed E-state index contributed by atoms with van der Waals surface area (Å²) in [6.07, 6.45) is 5.26. The number of amides is 1. The van der Waals surface area contributed by atoms with Crippen LogP contribution >= 0.6 is 7.92 Å². The van der Waals surface area contributed by atoms with E-state index in [-0.39, 0.29) is 25.5 Å². The highest BCUT2D eigenvalue weighted by molar-refractivity contribution is 7.63. The van der Waals surface area contributed by atoms with Crippen LogP contribution < -0.4 is 20.8 Å². The van der Waals surface area contributed by atoms with Crippen LogP contribution in [0.3, 0.4) is 0 Å². The Bertz CT molecular complexity index is 1190. The lowest BCUT2D eigenvalue weighted by molar-refractivity contribution is -0.117. The molecule has 3 N–H and O–H groups in total. The second-order valence-electron chi connectivity index (χ2n) is 8.05. The summed E-state index contributed by atoms with van der Waals surface area (Å²) in [5.74, 6) is 1.26. The Hall–Kier alpha value is -3.32. The maximum atomic E-state index is 12.6. The minimum atomic E-state index is -0.345. The van der Waals surface area contributed by atoms with Crippen molar-refractivity contribution in [3.63, 3.8) is 0 Å². The highest BCUT2D eigenvalue weighted by Gasteiger charge is 2.30. The number of hydrogen-bond donors (Lipinski definition) is 3. The van der Waals surface area contributed by atoms with Crippen molar-refractivity contribution >= 4 is 42.4 Å². The highest BCUT2D eigenvalue weighted by atomic mass is 31.1. The third kappa shape index (κ3) is 5.03. The first-order valence-corrected chi connectivity index (χ1v) is 13.0. The molecule has 10 heteroatoms. The van der Waals surface area contributed by atoms with Gasteiger partial charge in [0.25, 0.3) is 0 Å². The van der Waals surface area contributed by atoms with Crippen molar-refractivity contribution in [2.45, 2.75) is 26.2 Å². The minimum absolute atomic E-state index is 0.0464. The number of nitrogens with zero attached hydrogens (tertiary/aromatic N) is 3. The van der Waals surface area contributed by atoms with Crippen LogP contribution in [0.5, 0.6) is 5.75 Å². The topological polar surface area (TPSA) is 122 Å². The van der Waals surface area contributed by atoms with Gasteiger partial charge in [0, 0.05) is 36.4 Å². The van der Waals surface area contributed by atoms with E-state index in [1.807, 2.05) is 12.1 Å². The van der Waals surface area contributed by atoms with Gasteiger partial charge in [-0.1, -0.05) is 14.8 Å². The molecule has 0 radical (unpaired) electrons. The van der Waals surface area contributed by atoms with Crippen molar-refractivity contribution in [3.8, 4) is 17.0 Å². The number of methoxy groups -OCH3 is 1. The second kappa shape index (κ2) is 9.67. The molecule has 9 nitrogen and oxygen atoms in total. The molecular weight excluding hydrogens is 439 g/mol. The van der Waals surface area contributed by atoms with Gasteiger partial charge in [0.05, 0.1) is 29.5 Å². The van der Waals surface area contributed by atoms with E-state index in [4.69, 9.17) is 4.74 Å². The number of H-pyrrole nitrogens is 1. The van der Waals surface area contributed by atoms with Gasteiger partial charge < -0.3 is 15.4 Å². The molecule has 33 heavy (non-hydrogen) atoms. The lowest BCUT2D eigenvalue weighted by Gasteiger charge is -2.16. The van der Waals surface area contributed by atoms with Crippen LogP contribution in [0.2, 0.25) is 0 Å². The number of anilines is 3. The van der Waals surface area contributed by atoms with Gasteiger partial charge >= 0.3 is 0 Å². The van der Waals surface area contributed by atoms with Gasteiger partial charge in [-0.15, -0.1) is 0 Å². The fourth-order valence-corrected chi connectivity index (χ4v) is 4.01. The first kappa shape index (κ1) is 22.9. The smallest absolute Gasteiger partial charge is 0.228 e. The Balaban J connectivity index is 1.70. The SMILES string of the molecule is CCC(=O)c1cnc(NC(=O)C2CC2)cc1Nc1nccc(-c2cc(P(C)C)n[nH]2)c1OC. The molecule has 1 aliphatic rings. The average Bonchev–Trinajstić information content (AvgIpc) is 3.55. The lowest BCUT2D eigenvalue weighted by Crippen LogP contribution is -2.15. The predicted molar refractivity (Wildman–Crippen MR) is 130 cm³/mol. The van der Waals surface area contributed by atoms with Crippen LogP contribution in [0, 0.1) is 5.92 Å². The molecule has 0 unspecified atom stereocenters. The summed E-state index contributed by atoms with van der Waals surface area (Å²) in [7, 11) is 1.23. The Labute approximate surface area is 193 Å². The van der Waals surface area contributed by atoms with E-state index in [0.717, 1.165) is 29.5 Å². The van der Waals surface area contributed by atoms with Crippen molar-refractivity contribution in [1.82, 2.24) is 20.2 Å². The summed E-state index contributed by atoms with van der Waals surface area (Å²) < 4.78 is 5.70. The van der Waals surface area contributed by atoms with E-state index in [9.17, 15) is 9.59 Å². The normalized spacial score (nSPS) is 13.1. The number of ether oxygens (including phenoxy) is 1. The first-order chi connectivity index (χ1) is 15.9. The maximum Gasteiger partial charge on any atom is 0.228 e. The average molecular weight is 466 g/mol. The molecule has 3 heterocycles. The molecule has 1 fully saturated rings. The van der Waals surface area contributed by atoms with Crippen molar-refractivity contribution < 1.29 is 14.3 Å². The second-order valence-corrected chi connectivity index (χ2v) is 10.3. The Morgan fingerprint density at radius 2 is 2.03 bits per heavy atom. The number of aromatic nitrogens is 4. The fraction of sp³-hybridized carbons (Fsp3) is 0.348. The van der Waals surface area contributed by atoms with E-state index < -0.39 is 0 Å². The van der Waals surface area contributed by atoms with E-state index >= 15 is 0 Å². The number of aromatic amines is 1. The van der Waals surface area contributed by atoms with E-state index in [0.29, 0.717) is 35.1 Å². The number of carbonyl (C=O) groups is 2. The molecule has 0 aromatic carbocycles. The van der Waals surface area contributed by atoms with E-state index in [1.54, 1.807) is 26.3 Å². The van der Waals surface area contributed by atoms with Crippen molar-refractivity contribution in [1.29, 1.82) is 0 Å². The molecule has 3 aromatic heterocycles. The standard InChI is InChI=1S/C23H27N6O3P/c1-5-18(30)15-12-25-19(27-23(31)13-6-7-13)10-16(15)26-22-21(32-2)14(8-9-24-22)17-11-20(29-28-17)33(3)4/h8-13H,5-7H2,1-4H3,(H,28,29)(H2,24,25,26,27,31).